The molecule has 0 amide bonds. The Hall–Kier alpha value is -1.13. The molecule has 4 heteroatoms. The topological polar surface area (TPSA) is 54.7 Å². The molecule has 0 saturated carbocycles. The zero-order valence-electron chi connectivity index (χ0n) is 11.6. The number of nitrogens with one attached hydrogen (secondary N) is 1. The van der Waals surface area contributed by atoms with Crippen molar-refractivity contribution in [2.24, 2.45) is 5.73 Å². The zero-order valence-corrected chi connectivity index (χ0v) is 13.2. The molecule has 2 rings (SSSR count). The number of rotatable bonds is 4. The average Bonchev–Trinajstić information content (AvgIpc) is 2.73. The van der Waals surface area contributed by atoms with Crippen LogP contribution in [0, 0.1) is 6.92 Å². The Morgan fingerprint density at radius 1 is 1.32 bits per heavy atom. The largest absolute Gasteiger partial charge is 0.345 e. The lowest BCUT2D eigenvalue weighted by Crippen LogP contribution is -2.23. The average molecular weight is 322 g/mol. The number of aromatic nitrogens is 2. The lowest BCUT2D eigenvalue weighted by atomic mass is 9.88. The third-order valence-electron chi connectivity index (χ3n) is 3.42. The van der Waals surface area contributed by atoms with E-state index < -0.39 is 0 Å². The Kier molecular flexibility index (Phi) is 4.11. The third kappa shape index (κ3) is 2.90. The van der Waals surface area contributed by atoms with Gasteiger partial charge in [-0.2, -0.15) is 0 Å². The highest BCUT2D eigenvalue weighted by atomic mass is 79.9. The fourth-order valence-electron chi connectivity index (χ4n) is 2.18. The van der Waals surface area contributed by atoms with Crippen molar-refractivity contribution in [3.63, 3.8) is 0 Å². The summed E-state index contributed by atoms with van der Waals surface area (Å²) >= 11 is 3.58. The van der Waals surface area contributed by atoms with E-state index in [9.17, 15) is 0 Å². The smallest absolute Gasteiger partial charge is 0.112 e. The Bertz CT molecular complexity index is 573. The van der Waals surface area contributed by atoms with Crippen molar-refractivity contribution in [1.82, 2.24) is 9.97 Å². The minimum Gasteiger partial charge on any atom is -0.345 e. The second-order valence-corrected chi connectivity index (χ2v) is 6.32. The van der Waals surface area contributed by atoms with E-state index in [-0.39, 0.29) is 5.41 Å². The molecule has 1 aromatic heterocycles. The van der Waals surface area contributed by atoms with Gasteiger partial charge in [-0.1, -0.05) is 48.0 Å². The normalized spacial score (nSPS) is 11.8. The summed E-state index contributed by atoms with van der Waals surface area (Å²) in [6.07, 6.45) is 0.912. The first-order chi connectivity index (χ1) is 8.95. The number of nitrogens with zero attached hydrogens (tertiary/aromatic N) is 1. The first-order valence-electron chi connectivity index (χ1n) is 6.48. The minimum atomic E-state index is -0.0288. The maximum Gasteiger partial charge on any atom is 0.112 e. The molecule has 19 heavy (non-hydrogen) atoms. The van der Waals surface area contributed by atoms with E-state index in [1.54, 1.807) is 0 Å². The molecule has 0 aliphatic rings. The highest BCUT2D eigenvalue weighted by molar-refractivity contribution is 9.10. The van der Waals surface area contributed by atoms with Crippen LogP contribution in [0.15, 0.2) is 28.7 Å². The van der Waals surface area contributed by atoms with E-state index in [2.05, 4.69) is 47.8 Å². The van der Waals surface area contributed by atoms with Gasteiger partial charge < -0.3 is 10.7 Å². The predicted octanol–water partition coefficient (Wildman–Crippen LogP) is 3.77. The molecule has 0 saturated heterocycles. The summed E-state index contributed by atoms with van der Waals surface area (Å²) < 4.78 is 1.06. The summed E-state index contributed by atoms with van der Waals surface area (Å²) in [4.78, 5) is 8.20. The lowest BCUT2D eigenvalue weighted by Gasteiger charge is -2.20. The van der Waals surface area contributed by atoms with Crippen molar-refractivity contribution < 1.29 is 0 Å². The molecule has 0 aliphatic heterocycles. The van der Waals surface area contributed by atoms with Crippen LogP contribution >= 0.6 is 15.9 Å². The number of aryl methyl sites for hydroxylation is 1. The van der Waals surface area contributed by atoms with Crippen LogP contribution in [0.25, 0.3) is 11.3 Å². The zero-order chi connectivity index (χ0) is 14.0. The van der Waals surface area contributed by atoms with E-state index in [0.29, 0.717) is 6.54 Å². The second kappa shape index (κ2) is 5.47. The van der Waals surface area contributed by atoms with Crippen molar-refractivity contribution in [2.75, 3.05) is 6.54 Å². The van der Waals surface area contributed by atoms with Gasteiger partial charge in [-0.05, 0) is 26.0 Å². The van der Waals surface area contributed by atoms with Crippen LogP contribution in [0.5, 0.6) is 0 Å². The summed E-state index contributed by atoms with van der Waals surface area (Å²) in [5, 5.41) is 0. The molecule has 0 radical (unpaired) electrons. The molecule has 3 nitrogen and oxygen atoms in total. The predicted molar refractivity (Wildman–Crippen MR) is 83.2 cm³/mol. The molecule has 0 fully saturated rings. The van der Waals surface area contributed by atoms with Crippen molar-refractivity contribution in [1.29, 1.82) is 0 Å². The van der Waals surface area contributed by atoms with Gasteiger partial charge in [0, 0.05) is 21.1 Å². The molecule has 3 N–H and O–H groups in total. The van der Waals surface area contributed by atoms with Gasteiger partial charge in [-0.25, -0.2) is 4.98 Å². The van der Waals surface area contributed by atoms with Crippen molar-refractivity contribution in [2.45, 2.75) is 32.6 Å². The van der Waals surface area contributed by atoms with Gasteiger partial charge in [0.2, 0.25) is 0 Å². The molecular weight excluding hydrogens is 302 g/mol. The fraction of sp³-hybridized carbons (Fsp3) is 0.400. The van der Waals surface area contributed by atoms with Crippen LogP contribution in [0.4, 0.5) is 0 Å². The fourth-order valence-corrected chi connectivity index (χ4v) is 2.65. The number of imidazole rings is 1. The van der Waals surface area contributed by atoms with E-state index in [1.165, 1.54) is 0 Å². The van der Waals surface area contributed by atoms with Crippen molar-refractivity contribution in [3.05, 3.63) is 40.3 Å². The van der Waals surface area contributed by atoms with Crippen LogP contribution in [0.3, 0.4) is 0 Å². The molecule has 0 atom stereocenters. The number of H-pyrrole nitrogens is 1. The van der Waals surface area contributed by atoms with E-state index in [1.807, 2.05) is 18.2 Å². The SMILES string of the molecule is Cc1[nH]c(C(C)(C)CCN)nc1-c1ccccc1Br. The first-order valence-corrected chi connectivity index (χ1v) is 7.27. The Morgan fingerprint density at radius 2 is 2.00 bits per heavy atom. The van der Waals surface area contributed by atoms with Gasteiger partial charge >= 0.3 is 0 Å². The van der Waals surface area contributed by atoms with Crippen LogP contribution in [0.1, 0.15) is 31.8 Å². The standard InChI is InChI=1S/C15H20BrN3/c1-10-13(11-6-4-5-7-12(11)16)19-14(18-10)15(2,3)8-9-17/h4-7H,8-9,17H2,1-3H3,(H,18,19). The van der Waals surface area contributed by atoms with Crippen molar-refractivity contribution >= 4 is 15.9 Å². The summed E-state index contributed by atoms with van der Waals surface area (Å²) in [7, 11) is 0. The van der Waals surface area contributed by atoms with Gasteiger partial charge in [0.1, 0.15) is 5.82 Å². The Morgan fingerprint density at radius 3 is 2.63 bits per heavy atom. The van der Waals surface area contributed by atoms with Gasteiger partial charge in [-0.15, -0.1) is 0 Å². The summed E-state index contributed by atoms with van der Waals surface area (Å²) in [5.41, 5.74) is 8.87. The molecule has 0 unspecified atom stereocenters. The number of nitrogens with two attached hydrogens (primary N) is 1. The van der Waals surface area contributed by atoms with E-state index in [0.717, 1.165) is 33.7 Å². The van der Waals surface area contributed by atoms with Gasteiger partial charge in [-0.3, -0.25) is 0 Å². The van der Waals surface area contributed by atoms with Gasteiger partial charge in [0.25, 0.3) is 0 Å². The van der Waals surface area contributed by atoms with Crippen LogP contribution in [-0.2, 0) is 5.41 Å². The molecule has 1 aromatic carbocycles. The lowest BCUT2D eigenvalue weighted by molar-refractivity contribution is 0.461. The maximum absolute atomic E-state index is 5.68. The molecule has 2 aromatic rings. The summed E-state index contributed by atoms with van der Waals surface area (Å²) in [6.45, 7) is 7.06. The van der Waals surface area contributed by atoms with Gasteiger partial charge in [0.15, 0.2) is 0 Å². The van der Waals surface area contributed by atoms with Crippen LogP contribution < -0.4 is 5.73 Å². The number of hydrogen-bond donors (Lipinski definition) is 2. The summed E-state index contributed by atoms with van der Waals surface area (Å²) in [6, 6.07) is 8.15. The van der Waals surface area contributed by atoms with Gasteiger partial charge in [0.05, 0.1) is 5.69 Å². The molecule has 0 spiro atoms. The molecular formula is C15H20BrN3. The van der Waals surface area contributed by atoms with E-state index in [4.69, 9.17) is 10.7 Å². The molecule has 102 valence electrons. The highest BCUT2D eigenvalue weighted by Crippen LogP contribution is 2.32. The van der Waals surface area contributed by atoms with Crippen molar-refractivity contribution in [3.8, 4) is 11.3 Å². The molecule has 0 bridgehead atoms. The molecule has 1 heterocycles. The number of benzene rings is 1. The number of halogens is 1. The Balaban J connectivity index is 2.45. The molecule has 0 aliphatic carbocycles. The van der Waals surface area contributed by atoms with Crippen LogP contribution in [0.2, 0.25) is 0 Å². The number of aromatic amines is 1. The highest BCUT2D eigenvalue weighted by Gasteiger charge is 2.25. The second-order valence-electron chi connectivity index (χ2n) is 5.46. The summed E-state index contributed by atoms with van der Waals surface area (Å²) in [5.74, 6) is 1.00. The quantitative estimate of drug-likeness (QED) is 0.900. The van der Waals surface area contributed by atoms with Crippen LogP contribution in [-0.4, -0.2) is 16.5 Å². The number of hydrogen-bond acceptors (Lipinski definition) is 2. The third-order valence-corrected chi connectivity index (χ3v) is 4.12. The van der Waals surface area contributed by atoms with E-state index >= 15 is 0 Å². The first kappa shape index (κ1) is 14.3. The maximum atomic E-state index is 5.68. The Labute approximate surface area is 122 Å². The minimum absolute atomic E-state index is 0.0288. The monoisotopic (exact) mass is 321 g/mol.